The van der Waals surface area contributed by atoms with Crippen LogP contribution in [0, 0.1) is 0 Å². The average Bonchev–Trinajstić information content (AvgIpc) is 2.47. The lowest BCUT2D eigenvalue weighted by molar-refractivity contribution is -0.925. The van der Waals surface area contributed by atoms with Crippen molar-refractivity contribution in [1.29, 1.82) is 0 Å². The van der Waals surface area contributed by atoms with Gasteiger partial charge in [-0.05, 0) is 20.3 Å². The fraction of sp³-hybridized carbons (Fsp3) is 1.00. The quantitative estimate of drug-likeness (QED) is 0.257. The summed E-state index contributed by atoms with van der Waals surface area (Å²) in [6.45, 7) is 12.3. The third-order valence-corrected chi connectivity index (χ3v) is 4.88. The predicted molar refractivity (Wildman–Crippen MR) is 86.8 cm³/mol. The van der Waals surface area contributed by atoms with Crippen LogP contribution in [0.5, 0.6) is 0 Å². The zero-order valence-electron chi connectivity index (χ0n) is 14.4. The van der Waals surface area contributed by atoms with Gasteiger partial charge in [-0.1, -0.05) is 13.3 Å². The molecule has 0 aromatic rings. The fourth-order valence-corrected chi connectivity index (χ4v) is 2.85. The number of rotatable bonds is 15. The van der Waals surface area contributed by atoms with Crippen molar-refractivity contribution >= 4 is 10.1 Å². The molecule has 0 heterocycles. The summed E-state index contributed by atoms with van der Waals surface area (Å²) in [5, 5.41) is 0. The van der Waals surface area contributed by atoms with Crippen LogP contribution >= 0.6 is 0 Å². The Hall–Kier alpha value is -0.210. The van der Waals surface area contributed by atoms with Gasteiger partial charge in [0.2, 0.25) is 0 Å². The number of unbranched alkanes of at least 4 members (excludes halogenated alkanes) is 1. The molecule has 7 heteroatoms. The van der Waals surface area contributed by atoms with Crippen LogP contribution in [-0.4, -0.2) is 75.8 Å². The number of likely N-dealkylation sites (N-methyl/N-ethyl adjacent to an activating group) is 1. The molecule has 0 aliphatic rings. The lowest BCUT2D eigenvalue weighted by Crippen LogP contribution is -2.50. The number of nitrogens with zero attached hydrogens (tertiary/aromatic N) is 1. The Balaban J connectivity index is 3.92. The lowest BCUT2D eigenvalue weighted by Gasteiger charge is -2.37. The predicted octanol–water partition coefficient (Wildman–Crippen LogP) is 1.61. The molecular weight excluding hydrogens is 306 g/mol. The normalized spacial score (nSPS) is 12.7. The molecule has 6 nitrogen and oxygen atoms in total. The van der Waals surface area contributed by atoms with Crippen molar-refractivity contribution < 1.29 is 26.9 Å². The molecule has 0 saturated carbocycles. The van der Waals surface area contributed by atoms with Crippen molar-refractivity contribution in [3.63, 3.8) is 0 Å². The van der Waals surface area contributed by atoms with E-state index in [0.29, 0.717) is 32.8 Å². The zero-order chi connectivity index (χ0) is 16.9. The first-order valence-corrected chi connectivity index (χ1v) is 9.91. The molecule has 0 rings (SSSR count). The molecule has 0 radical (unpaired) electrons. The highest BCUT2D eigenvalue weighted by atomic mass is 32.2. The van der Waals surface area contributed by atoms with E-state index < -0.39 is 10.1 Å². The van der Waals surface area contributed by atoms with E-state index in [-0.39, 0.29) is 5.75 Å². The molecule has 0 aromatic heterocycles. The van der Waals surface area contributed by atoms with Crippen LogP contribution in [-0.2, 0) is 19.6 Å². The molecule has 0 saturated heterocycles. The van der Waals surface area contributed by atoms with Crippen molar-refractivity contribution in [2.45, 2.75) is 40.0 Å². The van der Waals surface area contributed by atoms with Gasteiger partial charge in [-0.2, -0.15) is 0 Å². The second kappa shape index (κ2) is 12.2. The van der Waals surface area contributed by atoms with E-state index in [9.17, 15) is 13.0 Å². The fourth-order valence-electron chi connectivity index (χ4n) is 2.37. The molecule has 0 atom stereocenters. The van der Waals surface area contributed by atoms with E-state index >= 15 is 0 Å². The first-order valence-electron chi connectivity index (χ1n) is 8.33. The molecule has 0 bridgehead atoms. The summed E-state index contributed by atoms with van der Waals surface area (Å²) in [6.07, 6.45) is 2.62. The standard InChI is InChI=1S/C15H33NO5S/c1-4-7-11-20-13-14-21-12-10-16(5-2,6-3)9-8-15-22(17,18)19/h4-15H2,1-3H3. The highest BCUT2D eigenvalue weighted by molar-refractivity contribution is 7.85. The van der Waals surface area contributed by atoms with Gasteiger partial charge >= 0.3 is 0 Å². The van der Waals surface area contributed by atoms with Crippen molar-refractivity contribution in [2.75, 3.05) is 58.4 Å². The van der Waals surface area contributed by atoms with Crippen molar-refractivity contribution in [1.82, 2.24) is 0 Å². The molecule has 22 heavy (non-hydrogen) atoms. The van der Waals surface area contributed by atoms with Gasteiger partial charge in [0.25, 0.3) is 0 Å². The first-order chi connectivity index (χ1) is 10.4. The summed E-state index contributed by atoms with van der Waals surface area (Å²) in [4.78, 5) is 0. The minimum Gasteiger partial charge on any atom is -0.748 e. The lowest BCUT2D eigenvalue weighted by atomic mass is 10.3. The molecule has 0 aliphatic carbocycles. The van der Waals surface area contributed by atoms with E-state index in [2.05, 4.69) is 20.8 Å². The van der Waals surface area contributed by atoms with Crippen LogP contribution in [0.2, 0.25) is 0 Å². The maximum absolute atomic E-state index is 10.7. The van der Waals surface area contributed by atoms with Crippen molar-refractivity contribution in [3.8, 4) is 0 Å². The molecule has 0 fully saturated rings. The summed E-state index contributed by atoms with van der Waals surface area (Å²) in [5.41, 5.74) is 0. The molecule has 0 spiro atoms. The monoisotopic (exact) mass is 339 g/mol. The van der Waals surface area contributed by atoms with Crippen molar-refractivity contribution in [2.24, 2.45) is 0 Å². The Morgan fingerprint density at radius 3 is 1.95 bits per heavy atom. The van der Waals surface area contributed by atoms with E-state index in [0.717, 1.165) is 43.6 Å². The van der Waals surface area contributed by atoms with Crippen LogP contribution < -0.4 is 0 Å². The SMILES string of the molecule is CCCCOCCOCC[N+](CC)(CC)CCCS(=O)(=O)[O-]. The Morgan fingerprint density at radius 2 is 1.45 bits per heavy atom. The van der Waals surface area contributed by atoms with Gasteiger partial charge < -0.3 is 18.5 Å². The summed E-state index contributed by atoms with van der Waals surface area (Å²) in [7, 11) is -4.11. The minimum atomic E-state index is -4.11. The van der Waals surface area contributed by atoms with Crippen molar-refractivity contribution in [3.05, 3.63) is 0 Å². The smallest absolute Gasteiger partial charge is 0.102 e. The maximum atomic E-state index is 10.7. The molecule has 0 aromatic carbocycles. The van der Waals surface area contributed by atoms with Gasteiger partial charge in [-0.15, -0.1) is 0 Å². The number of hydrogen-bond acceptors (Lipinski definition) is 5. The second-order valence-corrected chi connectivity index (χ2v) is 7.14. The number of quaternary nitrogens is 1. The first kappa shape index (κ1) is 21.8. The average molecular weight is 339 g/mol. The summed E-state index contributed by atoms with van der Waals surface area (Å²) in [5.74, 6) is -0.279. The Labute approximate surface area is 136 Å². The van der Waals surface area contributed by atoms with Gasteiger partial charge in [0.1, 0.15) is 6.54 Å². The van der Waals surface area contributed by atoms with Crippen LogP contribution in [0.4, 0.5) is 0 Å². The highest BCUT2D eigenvalue weighted by Gasteiger charge is 2.22. The van der Waals surface area contributed by atoms with E-state index in [4.69, 9.17) is 9.47 Å². The number of ether oxygens (including phenoxy) is 2. The van der Waals surface area contributed by atoms with Gasteiger partial charge in [-0.25, -0.2) is 8.42 Å². The Kier molecular flexibility index (Phi) is 12.1. The molecular formula is C15H33NO5S. The summed E-state index contributed by atoms with van der Waals surface area (Å²) < 4.78 is 43.9. The Bertz CT molecular complexity index is 355. The topological polar surface area (TPSA) is 75.7 Å². The number of hydrogen-bond donors (Lipinski definition) is 0. The highest BCUT2D eigenvalue weighted by Crippen LogP contribution is 2.08. The Morgan fingerprint density at radius 1 is 0.864 bits per heavy atom. The van der Waals surface area contributed by atoms with Gasteiger partial charge in [-0.3, -0.25) is 0 Å². The molecule has 134 valence electrons. The maximum Gasteiger partial charge on any atom is 0.102 e. The van der Waals surface area contributed by atoms with Crippen LogP contribution in [0.1, 0.15) is 40.0 Å². The summed E-state index contributed by atoms with van der Waals surface area (Å²) >= 11 is 0. The van der Waals surface area contributed by atoms with Gasteiger partial charge in [0, 0.05) is 18.8 Å². The molecule has 0 amide bonds. The van der Waals surface area contributed by atoms with Crippen LogP contribution in [0.3, 0.4) is 0 Å². The minimum absolute atomic E-state index is 0.279. The van der Waals surface area contributed by atoms with Crippen LogP contribution in [0.25, 0.3) is 0 Å². The zero-order valence-corrected chi connectivity index (χ0v) is 15.2. The van der Waals surface area contributed by atoms with Gasteiger partial charge in [0.15, 0.2) is 0 Å². The molecule has 0 unspecified atom stereocenters. The van der Waals surface area contributed by atoms with E-state index in [1.165, 1.54) is 0 Å². The third-order valence-electron chi connectivity index (χ3n) is 4.09. The van der Waals surface area contributed by atoms with Crippen LogP contribution in [0.15, 0.2) is 0 Å². The van der Waals surface area contributed by atoms with E-state index in [1.807, 2.05) is 0 Å². The second-order valence-electron chi connectivity index (χ2n) is 5.61. The molecule has 0 N–H and O–H groups in total. The van der Waals surface area contributed by atoms with E-state index in [1.54, 1.807) is 0 Å². The van der Waals surface area contributed by atoms with Gasteiger partial charge in [0.05, 0.1) is 49.6 Å². The molecule has 0 aliphatic heterocycles. The third kappa shape index (κ3) is 11.4. The largest absolute Gasteiger partial charge is 0.748 e. The summed E-state index contributed by atoms with van der Waals surface area (Å²) in [6, 6.07) is 0.